The Hall–Kier alpha value is -1.57. The Balaban J connectivity index is 2.15. The molecule has 1 fully saturated rings. The van der Waals surface area contributed by atoms with E-state index in [9.17, 15) is 4.79 Å². The molecule has 1 saturated heterocycles. The summed E-state index contributed by atoms with van der Waals surface area (Å²) in [4.78, 5) is 12.6. The fraction of sp³-hybridized carbons (Fsp3) is 0.500. The van der Waals surface area contributed by atoms with Crippen LogP contribution in [0, 0.1) is 10.8 Å². The van der Waals surface area contributed by atoms with Gasteiger partial charge >= 0.3 is 5.97 Å². The van der Waals surface area contributed by atoms with Crippen molar-refractivity contribution in [2.75, 3.05) is 0 Å². The molecule has 2 nitrogen and oxygen atoms in total. The van der Waals surface area contributed by atoms with E-state index in [1.807, 2.05) is 6.08 Å². The van der Waals surface area contributed by atoms with Crippen LogP contribution in [0.1, 0.15) is 37.8 Å². The zero-order valence-electron chi connectivity index (χ0n) is 12.3. The Kier molecular flexibility index (Phi) is 3.00. The van der Waals surface area contributed by atoms with Crippen molar-refractivity contribution in [1.82, 2.24) is 0 Å². The average molecular weight is 270 g/mol. The fourth-order valence-corrected chi connectivity index (χ4v) is 3.93. The molecule has 2 aliphatic rings. The molecule has 106 valence electrons. The summed E-state index contributed by atoms with van der Waals surface area (Å²) in [6, 6.07) is 8.48. The molecule has 1 aliphatic heterocycles. The average Bonchev–Trinajstić information content (AvgIpc) is 2.62. The first kappa shape index (κ1) is 13.4. The highest BCUT2D eigenvalue weighted by molar-refractivity contribution is 5.81. The van der Waals surface area contributed by atoms with Crippen LogP contribution in [0.4, 0.5) is 0 Å². The van der Waals surface area contributed by atoms with E-state index >= 15 is 0 Å². The van der Waals surface area contributed by atoms with Crippen LogP contribution in [0.15, 0.2) is 36.9 Å². The largest absolute Gasteiger partial charge is 0.461 e. The highest BCUT2D eigenvalue weighted by Crippen LogP contribution is 2.56. The Morgan fingerprint density at radius 1 is 1.35 bits per heavy atom. The van der Waals surface area contributed by atoms with E-state index in [4.69, 9.17) is 4.74 Å². The molecule has 0 unspecified atom stereocenters. The fourth-order valence-electron chi connectivity index (χ4n) is 3.93. The van der Waals surface area contributed by atoms with E-state index in [0.717, 1.165) is 19.3 Å². The number of ether oxygens (including phenoxy) is 1. The molecule has 0 radical (unpaired) electrons. The van der Waals surface area contributed by atoms with E-state index in [0.29, 0.717) is 6.42 Å². The van der Waals surface area contributed by atoms with Crippen molar-refractivity contribution in [2.24, 2.45) is 10.8 Å². The Morgan fingerprint density at radius 3 is 2.75 bits per heavy atom. The lowest BCUT2D eigenvalue weighted by Gasteiger charge is -2.40. The van der Waals surface area contributed by atoms with Crippen LogP contribution < -0.4 is 0 Å². The Morgan fingerprint density at radius 2 is 2.05 bits per heavy atom. The SMILES string of the molecule is C=CC[C@@]12Cc3ccccc3CC[C@@H](OC1=O)C2(C)C. The topological polar surface area (TPSA) is 26.3 Å². The number of benzene rings is 1. The van der Waals surface area contributed by atoms with Gasteiger partial charge in [0.2, 0.25) is 0 Å². The number of aryl methyl sites for hydroxylation is 1. The molecule has 1 aromatic carbocycles. The molecule has 2 heteroatoms. The van der Waals surface area contributed by atoms with Crippen molar-refractivity contribution in [1.29, 1.82) is 0 Å². The molecule has 3 rings (SSSR count). The molecule has 0 aromatic heterocycles. The van der Waals surface area contributed by atoms with E-state index in [1.165, 1.54) is 11.1 Å². The minimum Gasteiger partial charge on any atom is -0.461 e. The number of hydrogen-bond acceptors (Lipinski definition) is 2. The van der Waals surface area contributed by atoms with Crippen LogP contribution in [0.3, 0.4) is 0 Å². The molecule has 1 aromatic rings. The molecule has 2 bridgehead atoms. The summed E-state index contributed by atoms with van der Waals surface area (Å²) in [5.74, 6) is -0.0379. The molecule has 20 heavy (non-hydrogen) atoms. The summed E-state index contributed by atoms with van der Waals surface area (Å²) >= 11 is 0. The third-order valence-corrected chi connectivity index (χ3v) is 5.46. The Labute approximate surface area is 120 Å². The molecule has 1 aliphatic carbocycles. The first-order valence-corrected chi connectivity index (χ1v) is 7.40. The third kappa shape index (κ3) is 1.67. The maximum absolute atomic E-state index is 12.6. The van der Waals surface area contributed by atoms with Gasteiger partial charge in [0, 0.05) is 5.41 Å². The van der Waals surface area contributed by atoms with Gasteiger partial charge in [-0.25, -0.2) is 0 Å². The monoisotopic (exact) mass is 270 g/mol. The van der Waals surface area contributed by atoms with Crippen molar-refractivity contribution < 1.29 is 9.53 Å². The summed E-state index contributed by atoms with van der Waals surface area (Å²) < 4.78 is 5.76. The maximum atomic E-state index is 12.6. The van der Waals surface area contributed by atoms with E-state index in [-0.39, 0.29) is 17.5 Å². The second kappa shape index (κ2) is 4.47. The van der Waals surface area contributed by atoms with Crippen LogP contribution in [0.5, 0.6) is 0 Å². The van der Waals surface area contributed by atoms with Crippen molar-refractivity contribution in [3.05, 3.63) is 48.0 Å². The van der Waals surface area contributed by atoms with Gasteiger partial charge in [0.25, 0.3) is 0 Å². The van der Waals surface area contributed by atoms with Gasteiger partial charge in [0.05, 0.1) is 5.41 Å². The molecule has 0 spiro atoms. The molecule has 1 heterocycles. The number of carbonyl (C=O) groups excluding carboxylic acids is 1. The lowest BCUT2D eigenvalue weighted by Crippen LogP contribution is -2.44. The van der Waals surface area contributed by atoms with Gasteiger partial charge in [0.1, 0.15) is 6.10 Å². The molecular formula is C18H22O2. The summed E-state index contributed by atoms with van der Waals surface area (Å²) in [5.41, 5.74) is 2.04. The predicted molar refractivity (Wildman–Crippen MR) is 79.4 cm³/mol. The van der Waals surface area contributed by atoms with Gasteiger partial charge < -0.3 is 4.74 Å². The highest BCUT2D eigenvalue weighted by Gasteiger charge is 2.62. The lowest BCUT2D eigenvalue weighted by atomic mass is 9.58. The van der Waals surface area contributed by atoms with Crippen molar-refractivity contribution in [3.63, 3.8) is 0 Å². The summed E-state index contributed by atoms with van der Waals surface area (Å²) in [6.07, 6.45) is 5.23. The normalized spacial score (nSPS) is 30.9. The zero-order valence-corrected chi connectivity index (χ0v) is 12.3. The van der Waals surface area contributed by atoms with Gasteiger partial charge in [0.15, 0.2) is 0 Å². The number of carbonyl (C=O) groups is 1. The molecule has 0 saturated carbocycles. The third-order valence-electron chi connectivity index (χ3n) is 5.46. The van der Waals surface area contributed by atoms with Gasteiger partial charge in [-0.05, 0) is 36.8 Å². The highest BCUT2D eigenvalue weighted by atomic mass is 16.6. The number of esters is 1. The standard InChI is InChI=1S/C18H22O2/c1-4-11-18-12-14-8-6-5-7-13(14)9-10-15(17(18,2)3)20-16(18)19/h4-8,15H,1,9-12H2,2-3H3/t15-,18-/m1/s1. The van der Waals surface area contributed by atoms with Crippen LogP contribution in [0.25, 0.3) is 0 Å². The first-order valence-electron chi connectivity index (χ1n) is 7.40. The second-order valence-electron chi connectivity index (χ2n) is 6.67. The van der Waals surface area contributed by atoms with Gasteiger partial charge in [-0.1, -0.05) is 44.2 Å². The molecular weight excluding hydrogens is 248 g/mol. The molecule has 0 N–H and O–H groups in total. The second-order valence-corrected chi connectivity index (χ2v) is 6.67. The van der Waals surface area contributed by atoms with Gasteiger partial charge in [-0.2, -0.15) is 0 Å². The number of fused-ring (bicyclic) bond motifs is 3. The first-order chi connectivity index (χ1) is 9.51. The summed E-state index contributed by atoms with van der Waals surface area (Å²) in [7, 11) is 0. The summed E-state index contributed by atoms with van der Waals surface area (Å²) in [6.45, 7) is 8.23. The quantitative estimate of drug-likeness (QED) is 0.605. The van der Waals surface area contributed by atoms with Crippen molar-refractivity contribution >= 4 is 5.97 Å². The van der Waals surface area contributed by atoms with E-state index in [1.54, 1.807) is 0 Å². The van der Waals surface area contributed by atoms with E-state index in [2.05, 4.69) is 44.7 Å². The zero-order chi connectivity index (χ0) is 14.4. The summed E-state index contributed by atoms with van der Waals surface area (Å²) in [5, 5.41) is 0. The Bertz CT molecular complexity index is 558. The lowest BCUT2D eigenvalue weighted by molar-refractivity contribution is -0.149. The van der Waals surface area contributed by atoms with Crippen LogP contribution in [-0.2, 0) is 22.4 Å². The maximum Gasteiger partial charge on any atom is 0.313 e. The number of allylic oxidation sites excluding steroid dienone is 1. The van der Waals surface area contributed by atoms with Crippen molar-refractivity contribution in [2.45, 2.75) is 45.6 Å². The van der Waals surface area contributed by atoms with E-state index < -0.39 is 5.41 Å². The van der Waals surface area contributed by atoms with Gasteiger partial charge in [-0.15, -0.1) is 6.58 Å². The smallest absolute Gasteiger partial charge is 0.313 e. The van der Waals surface area contributed by atoms with Crippen LogP contribution >= 0.6 is 0 Å². The van der Waals surface area contributed by atoms with Crippen LogP contribution in [0.2, 0.25) is 0 Å². The minimum atomic E-state index is -0.462. The number of rotatable bonds is 2. The molecule has 0 amide bonds. The van der Waals surface area contributed by atoms with Crippen molar-refractivity contribution in [3.8, 4) is 0 Å². The number of hydrogen-bond donors (Lipinski definition) is 0. The predicted octanol–water partition coefficient (Wildman–Crippen LogP) is 3.69. The van der Waals surface area contributed by atoms with Gasteiger partial charge in [-0.3, -0.25) is 4.79 Å². The molecule has 2 atom stereocenters. The van der Waals surface area contributed by atoms with Crippen LogP contribution in [-0.4, -0.2) is 12.1 Å². The minimum absolute atomic E-state index is 0.0170.